The van der Waals surface area contributed by atoms with Crippen LogP contribution >= 0.6 is 0 Å². The Bertz CT molecular complexity index is 740. The second kappa shape index (κ2) is 3.59. The highest BCUT2D eigenvalue weighted by Gasteiger charge is 2.08. The molecule has 4 heteroatoms. The minimum absolute atomic E-state index is 0.153. The highest BCUT2D eigenvalue weighted by Crippen LogP contribution is 2.23. The van der Waals surface area contributed by atoms with Gasteiger partial charge >= 0.3 is 0 Å². The molecule has 0 saturated heterocycles. The average molecular weight is 225 g/mol. The first-order valence-corrected chi connectivity index (χ1v) is 5.35. The molecule has 2 aromatic heterocycles. The van der Waals surface area contributed by atoms with Crippen molar-refractivity contribution in [1.29, 1.82) is 0 Å². The van der Waals surface area contributed by atoms with Crippen LogP contribution in [0.1, 0.15) is 0 Å². The zero-order valence-electron chi connectivity index (χ0n) is 9.34. The maximum atomic E-state index is 11.6. The molecule has 0 aliphatic heterocycles. The molecule has 0 aliphatic carbocycles. The van der Waals surface area contributed by atoms with E-state index < -0.39 is 0 Å². The van der Waals surface area contributed by atoms with Gasteiger partial charge in [0, 0.05) is 30.4 Å². The highest BCUT2D eigenvalue weighted by atomic mass is 16.1. The Kier molecular flexibility index (Phi) is 2.08. The van der Waals surface area contributed by atoms with Gasteiger partial charge in [0.2, 0.25) is 0 Å². The van der Waals surface area contributed by atoms with Crippen LogP contribution in [0.2, 0.25) is 0 Å². The molecule has 0 aliphatic rings. The largest absolute Gasteiger partial charge is 0.357 e. The quantitative estimate of drug-likeness (QED) is 0.688. The lowest BCUT2D eigenvalue weighted by Crippen LogP contribution is -2.09. The van der Waals surface area contributed by atoms with Crippen LogP contribution in [-0.4, -0.2) is 14.8 Å². The number of H-pyrrole nitrogens is 1. The van der Waals surface area contributed by atoms with Gasteiger partial charge in [-0.3, -0.25) is 4.79 Å². The Labute approximate surface area is 97.5 Å². The number of aryl methyl sites for hydroxylation is 1. The Morgan fingerprint density at radius 1 is 1.18 bits per heavy atom. The second-order valence-electron chi connectivity index (χ2n) is 4.01. The average Bonchev–Trinajstić information content (AvgIpc) is 2.77. The summed E-state index contributed by atoms with van der Waals surface area (Å²) in [4.78, 5) is 11.6. The first-order chi connectivity index (χ1) is 8.25. The van der Waals surface area contributed by atoms with E-state index in [0.29, 0.717) is 5.39 Å². The van der Waals surface area contributed by atoms with Gasteiger partial charge in [-0.05, 0) is 12.1 Å². The zero-order valence-corrected chi connectivity index (χ0v) is 9.34. The van der Waals surface area contributed by atoms with Gasteiger partial charge < -0.3 is 4.57 Å². The summed E-state index contributed by atoms with van der Waals surface area (Å²) in [6.07, 6.45) is 3.93. The van der Waals surface area contributed by atoms with Crippen molar-refractivity contribution in [1.82, 2.24) is 14.8 Å². The minimum Gasteiger partial charge on any atom is -0.357 e. The first-order valence-electron chi connectivity index (χ1n) is 5.35. The van der Waals surface area contributed by atoms with Crippen LogP contribution in [0.15, 0.2) is 47.5 Å². The Morgan fingerprint density at radius 2 is 1.94 bits per heavy atom. The summed E-state index contributed by atoms with van der Waals surface area (Å²) in [5, 5.41) is 8.22. The fourth-order valence-electron chi connectivity index (χ4n) is 1.98. The van der Waals surface area contributed by atoms with Gasteiger partial charge in [0.05, 0.1) is 5.39 Å². The Balaban J connectivity index is 2.38. The van der Waals surface area contributed by atoms with Gasteiger partial charge in [-0.15, -0.1) is 0 Å². The van der Waals surface area contributed by atoms with Crippen molar-refractivity contribution in [3.05, 3.63) is 53.1 Å². The predicted octanol–water partition coefficient (Wildman–Crippen LogP) is 1.93. The third kappa shape index (κ3) is 1.54. The molecule has 0 fully saturated rings. The first kappa shape index (κ1) is 9.84. The van der Waals surface area contributed by atoms with Crippen LogP contribution in [0.25, 0.3) is 22.0 Å². The number of fused-ring (bicyclic) bond motifs is 1. The van der Waals surface area contributed by atoms with E-state index in [2.05, 4.69) is 10.2 Å². The van der Waals surface area contributed by atoms with Crippen molar-refractivity contribution >= 4 is 10.8 Å². The molecular weight excluding hydrogens is 214 g/mol. The molecular formula is C13H11N3O. The van der Waals surface area contributed by atoms with Crippen molar-refractivity contribution in [3.63, 3.8) is 0 Å². The van der Waals surface area contributed by atoms with Gasteiger partial charge in [-0.25, -0.2) is 5.10 Å². The molecule has 1 aromatic carbocycles. The molecule has 0 saturated carbocycles. The summed E-state index contributed by atoms with van der Waals surface area (Å²) in [6, 6.07) is 9.47. The standard InChI is InChI=1S/C13H11N3O/c1-16-7-6-9(8-16)12-10-4-2-3-5-11(10)13(17)15-14-12/h2-8H,1H3,(H,15,17). The van der Waals surface area contributed by atoms with Gasteiger partial charge in [-0.2, -0.15) is 5.10 Å². The molecule has 3 rings (SSSR count). The number of nitrogens with zero attached hydrogens (tertiary/aromatic N) is 2. The lowest BCUT2D eigenvalue weighted by molar-refractivity contribution is 0.927. The lowest BCUT2D eigenvalue weighted by Gasteiger charge is -2.02. The van der Waals surface area contributed by atoms with E-state index in [9.17, 15) is 4.79 Å². The van der Waals surface area contributed by atoms with Crippen LogP contribution in [-0.2, 0) is 7.05 Å². The summed E-state index contributed by atoms with van der Waals surface area (Å²) >= 11 is 0. The zero-order chi connectivity index (χ0) is 11.8. The third-order valence-corrected chi connectivity index (χ3v) is 2.80. The number of aromatic amines is 1. The monoisotopic (exact) mass is 225 g/mol. The van der Waals surface area contributed by atoms with Crippen LogP contribution in [0.3, 0.4) is 0 Å². The molecule has 4 nitrogen and oxygen atoms in total. The molecule has 0 spiro atoms. The molecule has 0 bridgehead atoms. The number of aromatic nitrogens is 3. The molecule has 84 valence electrons. The van der Waals surface area contributed by atoms with Gasteiger partial charge in [0.15, 0.2) is 0 Å². The molecule has 1 N–H and O–H groups in total. The van der Waals surface area contributed by atoms with Crippen LogP contribution < -0.4 is 5.56 Å². The molecule has 0 amide bonds. The van der Waals surface area contributed by atoms with E-state index in [0.717, 1.165) is 16.6 Å². The number of nitrogens with one attached hydrogen (secondary N) is 1. The van der Waals surface area contributed by atoms with Gasteiger partial charge in [0.1, 0.15) is 5.69 Å². The maximum absolute atomic E-state index is 11.6. The van der Waals surface area contributed by atoms with Crippen molar-refractivity contribution in [2.24, 2.45) is 7.05 Å². The summed E-state index contributed by atoms with van der Waals surface area (Å²) in [5.41, 5.74) is 1.65. The number of hydrogen-bond donors (Lipinski definition) is 1. The van der Waals surface area contributed by atoms with E-state index in [1.165, 1.54) is 0 Å². The van der Waals surface area contributed by atoms with E-state index >= 15 is 0 Å². The summed E-state index contributed by atoms with van der Waals surface area (Å²) < 4.78 is 1.96. The molecule has 2 heterocycles. The topological polar surface area (TPSA) is 50.7 Å². The third-order valence-electron chi connectivity index (χ3n) is 2.80. The van der Waals surface area contributed by atoms with Crippen LogP contribution in [0.5, 0.6) is 0 Å². The molecule has 0 radical (unpaired) electrons. The van der Waals surface area contributed by atoms with Crippen molar-refractivity contribution in [2.75, 3.05) is 0 Å². The molecule has 0 atom stereocenters. The SMILES string of the molecule is Cn1ccc(-c2n[nH]c(=O)c3ccccc23)c1. The molecule has 3 aromatic rings. The molecule has 17 heavy (non-hydrogen) atoms. The summed E-state index contributed by atoms with van der Waals surface area (Å²) in [5.74, 6) is 0. The smallest absolute Gasteiger partial charge is 0.272 e. The highest BCUT2D eigenvalue weighted by molar-refractivity contribution is 5.93. The molecule has 0 unspecified atom stereocenters. The second-order valence-corrected chi connectivity index (χ2v) is 4.01. The van der Waals surface area contributed by atoms with Crippen molar-refractivity contribution in [2.45, 2.75) is 0 Å². The summed E-state index contributed by atoms with van der Waals surface area (Å²) in [6.45, 7) is 0. The Morgan fingerprint density at radius 3 is 2.65 bits per heavy atom. The van der Waals surface area contributed by atoms with E-state index in [1.54, 1.807) is 0 Å². The number of rotatable bonds is 1. The van der Waals surface area contributed by atoms with Gasteiger partial charge in [-0.1, -0.05) is 18.2 Å². The van der Waals surface area contributed by atoms with Crippen LogP contribution in [0.4, 0.5) is 0 Å². The minimum atomic E-state index is -0.153. The summed E-state index contributed by atoms with van der Waals surface area (Å²) in [7, 11) is 1.96. The number of hydrogen-bond acceptors (Lipinski definition) is 2. The maximum Gasteiger partial charge on any atom is 0.272 e. The normalized spacial score (nSPS) is 10.9. The van der Waals surface area contributed by atoms with E-state index in [1.807, 2.05) is 54.3 Å². The van der Waals surface area contributed by atoms with Crippen molar-refractivity contribution < 1.29 is 0 Å². The Hall–Kier alpha value is -2.36. The lowest BCUT2D eigenvalue weighted by atomic mass is 10.1. The fraction of sp³-hybridized carbons (Fsp3) is 0.0769. The van der Waals surface area contributed by atoms with E-state index in [-0.39, 0.29) is 5.56 Å². The van der Waals surface area contributed by atoms with Gasteiger partial charge in [0.25, 0.3) is 5.56 Å². The predicted molar refractivity (Wildman–Crippen MR) is 66.8 cm³/mol. The van der Waals surface area contributed by atoms with Crippen LogP contribution in [0, 0.1) is 0 Å². The fourth-order valence-corrected chi connectivity index (χ4v) is 1.98. The number of benzene rings is 1. The van der Waals surface area contributed by atoms with Crippen molar-refractivity contribution in [3.8, 4) is 11.3 Å². The van der Waals surface area contributed by atoms with E-state index in [4.69, 9.17) is 0 Å².